The van der Waals surface area contributed by atoms with Gasteiger partial charge in [0.15, 0.2) is 0 Å². The molecule has 2 N–H and O–H groups in total. The van der Waals surface area contributed by atoms with Crippen LogP contribution in [0.2, 0.25) is 0 Å². The molecule has 0 saturated carbocycles. The van der Waals surface area contributed by atoms with Gasteiger partial charge in [-0.05, 0) is 30.9 Å². The number of hydrogen-bond donors (Lipinski definition) is 2. The topological polar surface area (TPSA) is 64.7 Å². The van der Waals surface area contributed by atoms with Crippen molar-refractivity contribution in [1.82, 2.24) is 20.4 Å². The van der Waals surface area contributed by atoms with Crippen molar-refractivity contribution in [3.05, 3.63) is 71.3 Å². The molecule has 5 rings (SSSR count). The van der Waals surface area contributed by atoms with Crippen molar-refractivity contribution in [3.8, 4) is 0 Å². The molecular weight excluding hydrogens is 400 g/mol. The molecule has 0 aliphatic carbocycles. The van der Waals surface area contributed by atoms with E-state index in [1.807, 2.05) is 11.0 Å². The van der Waals surface area contributed by atoms with Crippen LogP contribution in [0.25, 0.3) is 0 Å². The lowest BCUT2D eigenvalue weighted by Gasteiger charge is -2.42. The Bertz CT molecular complexity index is 967. The Morgan fingerprint density at radius 2 is 1.75 bits per heavy atom. The summed E-state index contributed by atoms with van der Waals surface area (Å²) in [6.45, 7) is 6.63. The molecule has 1 spiro atoms. The molecule has 0 radical (unpaired) electrons. The molecule has 2 aromatic carbocycles. The summed E-state index contributed by atoms with van der Waals surface area (Å²) in [7, 11) is 0. The van der Waals surface area contributed by atoms with Gasteiger partial charge in [0.25, 0.3) is 0 Å². The minimum atomic E-state index is -0.166. The number of aryl methyl sites for hydroxylation is 1. The Morgan fingerprint density at radius 1 is 1.03 bits per heavy atom. The molecule has 3 saturated heterocycles. The second-order valence-corrected chi connectivity index (χ2v) is 9.67. The Morgan fingerprint density at radius 3 is 2.47 bits per heavy atom. The maximum atomic E-state index is 12.8. The standard InChI is InChI=1S/C26H32N4O2/c1-19-7-9-20(10-8-19)15-27-25(32)30-13-11-26(12-14-30)23-18-29(17-22(23)24(31)28-26)16-21-5-3-2-4-6-21/h2-10,22-23H,11-18H2,1H3,(H,27,32)(H,28,31)/t22-,23+/m1/s1. The monoisotopic (exact) mass is 432 g/mol. The maximum Gasteiger partial charge on any atom is 0.317 e. The van der Waals surface area contributed by atoms with E-state index < -0.39 is 0 Å². The number of carbonyl (C=O) groups is 2. The van der Waals surface area contributed by atoms with Crippen molar-refractivity contribution in [2.45, 2.75) is 38.4 Å². The molecule has 0 aromatic heterocycles. The first kappa shape index (κ1) is 21.0. The van der Waals surface area contributed by atoms with Gasteiger partial charge in [-0.15, -0.1) is 0 Å². The minimum absolute atomic E-state index is 0.0153. The van der Waals surface area contributed by atoms with E-state index in [-0.39, 0.29) is 23.4 Å². The Labute approximate surface area is 190 Å². The van der Waals surface area contributed by atoms with Crippen LogP contribution in [0.1, 0.15) is 29.5 Å². The second kappa shape index (κ2) is 8.58. The number of nitrogens with one attached hydrogen (secondary N) is 2. The number of rotatable bonds is 4. The van der Waals surface area contributed by atoms with E-state index in [1.54, 1.807) is 0 Å². The highest BCUT2D eigenvalue weighted by molar-refractivity contribution is 5.84. The number of nitrogens with zero attached hydrogens (tertiary/aromatic N) is 2. The molecule has 3 aliphatic rings. The van der Waals surface area contributed by atoms with E-state index in [2.05, 4.69) is 71.0 Å². The SMILES string of the molecule is Cc1ccc(CNC(=O)N2CCC3(CC2)NC(=O)[C@@H]2CN(Cc4ccccc4)C[C@@H]23)cc1. The fourth-order valence-corrected chi connectivity index (χ4v) is 5.71. The normalized spacial score (nSPS) is 24.4. The zero-order valence-corrected chi connectivity index (χ0v) is 18.7. The maximum absolute atomic E-state index is 12.8. The summed E-state index contributed by atoms with van der Waals surface area (Å²) in [5, 5.41) is 6.40. The molecule has 2 aromatic rings. The van der Waals surface area contributed by atoms with E-state index in [0.29, 0.717) is 25.6 Å². The first-order valence-corrected chi connectivity index (χ1v) is 11.7. The lowest BCUT2D eigenvalue weighted by molar-refractivity contribution is -0.123. The van der Waals surface area contributed by atoms with Gasteiger partial charge in [0.05, 0.1) is 5.92 Å². The van der Waals surface area contributed by atoms with Gasteiger partial charge in [-0.25, -0.2) is 4.79 Å². The highest BCUT2D eigenvalue weighted by Gasteiger charge is 2.57. The molecule has 32 heavy (non-hydrogen) atoms. The van der Waals surface area contributed by atoms with Gasteiger partial charge >= 0.3 is 6.03 Å². The number of carbonyl (C=O) groups excluding carboxylic acids is 2. The Kier molecular flexibility index (Phi) is 5.64. The highest BCUT2D eigenvalue weighted by atomic mass is 16.2. The second-order valence-electron chi connectivity index (χ2n) is 9.67. The van der Waals surface area contributed by atoms with E-state index in [1.165, 1.54) is 11.1 Å². The smallest absolute Gasteiger partial charge is 0.317 e. The molecule has 6 heteroatoms. The average molecular weight is 433 g/mol. The molecule has 2 atom stereocenters. The van der Waals surface area contributed by atoms with Crippen LogP contribution in [0.15, 0.2) is 54.6 Å². The van der Waals surface area contributed by atoms with Gasteiger partial charge in [0, 0.05) is 50.7 Å². The van der Waals surface area contributed by atoms with Gasteiger partial charge < -0.3 is 15.5 Å². The van der Waals surface area contributed by atoms with Crippen LogP contribution in [0.4, 0.5) is 4.79 Å². The van der Waals surface area contributed by atoms with Crippen LogP contribution in [0.5, 0.6) is 0 Å². The minimum Gasteiger partial charge on any atom is -0.350 e. The van der Waals surface area contributed by atoms with Crippen molar-refractivity contribution >= 4 is 11.9 Å². The number of benzene rings is 2. The van der Waals surface area contributed by atoms with Gasteiger partial charge in [-0.3, -0.25) is 9.69 Å². The largest absolute Gasteiger partial charge is 0.350 e. The molecule has 0 unspecified atom stereocenters. The third kappa shape index (κ3) is 4.11. The quantitative estimate of drug-likeness (QED) is 0.781. The fourth-order valence-electron chi connectivity index (χ4n) is 5.71. The first-order valence-electron chi connectivity index (χ1n) is 11.7. The summed E-state index contributed by atoms with van der Waals surface area (Å²) < 4.78 is 0. The van der Waals surface area contributed by atoms with Gasteiger partial charge in [0.1, 0.15) is 0 Å². The number of piperidine rings is 1. The molecule has 3 fully saturated rings. The predicted molar refractivity (Wildman–Crippen MR) is 124 cm³/mol. The van der Waals surface area contributed by atoms with E-state index >= 15 is 0 Å². The predicted octanol–water partition coefficient (Wildman–Crippen LogP) is 2.92. The lowest BCUT2D eigenvalue weighted by atomic mass is 9.75. The molecule has 6 nitrogen and oxygen atoms in total. The van der Waals surface area contributed by atoms with Crippen LogP contribution >= 0.6 is 0 Å². The molecule has 3 heterocycles. The number of urea groups is 1. The lowest BCUT2D eigenvalue weighted by Crippen LogP contribution is -2.57. The van der Waals surface area contributed by atoms with Crippen LogP contribution in [0.3, 0.4) is 0 Å². The highest BCUT2D eigenvalue weighted by Crippen LogP contribution is 2.44. The van der Waals surface area contributed by atoms with Crippen molar-refractivity contribution in [2.75, 3.05) is 26.2 Å². The summed E-state index contributed by atoms with van der Waals surface area (Å²) in [6.07, 6.45) is 1.66. The molecule has 3 aliphatic heterocycles. The van der Waals surface area contributed by atoms with Gasteiger partial charge in [-0.1, -0.05) is 60.2 Å². The third-order valence-electron chi connectivity index (χ3n) is 7.57. The number of likely N-dealkylation sites (tertiary alicyclic amines) is 2. The van der Waals surface area contributed by atoms with E-state index in [9.17, 15) is 9.59 Å². The number of hydrogen-bond acceptors (Lipinski definition) is 3. The summed E-state index contributed by atoms with van der Waals surface area (Å²) >= 11 is 0. The van der Waals surface area contributed by atoms with Crippen LogP contribution < -0.4 is 10.6 Å². The van der Waals surface area contributed by atoms with E-state index in [4.69, 9.17) is 0 Å². The Hall–Kier alpha value is -2.86. The van der Waals surface area contributed by atoms with Crippen LogP contribution in [0, 0.1) is 18.8 Å². The first-order chi connectivity index (χ1) is 15.5. The summed E-state index contributed by atoms with van der Waals surface area (Å²) in [6, 6.07) is 18.7. The molecule has 3 amide bonds. The zero-order chi connectivity index (χ0) is 22.1. The molecule has 168 valence electrons. The molecule has 0 bridgehead atoms. The Balaban J connectivity index is 1.17. The van der Waals surface area contributed by atoms with Crippen LogP contribution in [-0.4, -0.2) is 53.5 Å². The summed E-state index contributed by atoms with van der Waals surface area (Å²) in [5.74, 6) is 0.597. The number of amides is 3. The van der Waals surface area contributed by atoms with Crippen molar-refractivity contribution < 1.29 is 9.59 Å². The third-order valence-corrected chi connectivity index (χ3v) is 7.57. The molecular formula is C26H32N4O2. The summed E-state index contributed by atoms with van der Waals surface area (Å²) in [4.78, 5) is 29.8. The fraction of sp³-hybridized carbons (Fsp3) is 0.462. The summed E-state index contributed by atoms with van der Waals surface area (Å²) in [5.41, 5.74) is 3.45. The zero-order valence-electron chi connectivity index (χ0n) is 18.7. The van der Waals surface area contributed by atoms with Gasteiger partial charge in [-0.2, -0.15) is 0 Å². The van der Waals surface area contributed by atoms with E-state index in [0.717, 1.165) is 38.0 Å². The van der Waals surface area contributed by atoms with Crippen LogP contribution in [-0.2, 0) is 17.9 Å². The van der Waals surface area contributed by atoms with Gasteiger partial charge in [0.2, 0.25) is 5.91 Å². The number of fused-ring (bicyclic) bond motifs is 2. The van der Waals surface area contributed by atoms with Crippen molar-refractivity contribution in [1.29, 1.82) is 0 Å². The van der Waals surface area contributed by atoms with Crippen molar-refractivity contribution in [2.24, 2.45) is 11.8 Å². The van der Waals surface area contributed by atoms with Crippen molar-refractivity contribution in [3.63, 3.8) is 0 Å². The average Bonchev–Trinajstić information content (AvgIpc) is 3.33.